The highest BCUT2D eigenvalue weighted by Crippen LogP contribution is 2.14. The van der Waals surface area contributed by atoms with E-state index in [2.05, 4.69) is 9.47 Å². The summed E-state index contributed by atoms with van der Waals surface area (Å²) in [5.74, 6) is 0.312. The van der Waals surface area contributed by atoms with Crippen molar-refractivity contribution < 1.29 is 13.7 Å². The minimum atomic E-state index is -0.394. The van der Waals surface area contributed by atoms with E-state index in [-0.39, 0.29) is 6.54 Å². The zero-order valence-corrected chi connectivity index (χ0v) is 11.8. The van der Waals surface area contributed by atoms with Gasteiger partial charge in [-0.3, -0.25) is 0 Å². The Kier molecular flexibility index (Phi) is 6.69. The van der Waals surface area contributed by atoms with Gasteiger partial charge in [-0.2, -0.15) is 0 Å². The first-order valence-electron chi connectivity index (χ1n) is 5.72. The largest absolute Gasteiger partial charge is 0.480 e. The number of nitrogens with zero attached hydrogens (tertiary/aromatic N) is 1. The van der Waals surface area contributed by atoms with Crippen LogP contribution < -0.4 is 4.52 Å². The number of halogens is 1. The molecule has 1 atom stereocenters. The van der Waals surface area contributed by atoms with Crippen LogP contribution in [0.2, 0.25) is 0 Å². The van der Waals surface area contributed by atoms with E-state index < -0.39 is 5.83 Å². The van der Waals surface area contributed by atoms with Gasteiger partial charge in [-0.1, -0.05) is 6.08 Å². The van der Waals surface area contributed by atoms with Crippen molar-refractivity contribution in [3.8, 4) is 5.75 Å². The molecule has 0 radical (unpaired) electrons. The summed E-state index contributed by atoms with van der Waals surface area (Å²) in [7, 11) is 2.15. The van der Waals surface area contributed by atoms with E-state index in [1.54, 1.807) is 37.3 Å². The number of hydrogen-bond acceptors (Lipinski definition) is 2. The summed E-state index contributed by atoms with van der Waals surface area (Å²) in [5, 5.41) is 0. The van der Waals surface area contributed by atoms with Crippen LogP contribution in [0.1, 0.15) is 12.5 Å². The first-order chi connectivity index (χ1) is 9.15. The summed E-state index contributed by atoms with van der Waals surface area (Å²) in [6, 6.07) is 7.14. The molecule has 3 nitrogen and oxygen atoms in total. The third kappa shape index (κ3) is 6.07. The van der Waals surface area contributed by atoms with Crippen molar-refractivity contribution in [1.82, 2.24) is 0 Å². The van der Waals surface area contributed by atoms with Gasteiger partial charge in [0.05, 0.1) is 9.47 Å². The highest BCUT2D eigenvalue weighted by atomic mass is 31.0. The Morgan fingerprint density at radius 2 is 2.11 bits per heavy atom. The maximum Gasteiger partial charge on any atom is 0.223 e. The lowest BCUT2D eigenvalue weighted by atomic mass is 10.2. The van der Waals surface area contributed by atoms with Gasteiger partial charge in [-0.05, 0) is 43.3 Å². The fourth-order valence-electron chi connectivity index (χ4n) is 1.35. The third-order valence-corrected chi connectivity index (χ3v) is 2.50. The molecule has 0 bridgehead atoms. The molecular formula is C14H16FNO2P+. The molecule has 19 heavy (non-hydrogen) atoms. The van der Waals surface area contributed by atoms with E-state index >= 15 is 0 Å². The molecule has 1 unspecified atom stereocenters. The van der Waals surface area contributed by atoms with Crippen molar-refractivity contribution in [1.29, 1.82) is 0 Å². The van der Waals surface area contributed by atoms with Gasteiger partial charge in [0.2, 0.25) is 12.7 Å². The molecule has 0 aliphatic carbocycles. The predicted octanol–water partition coefficient (Wildman–Crippen LogP) is 4.08. The molecule has 0 heterocycles. The Hall–Kier alpha value is -1.80. The van der Waals surface area contributed by atoms with Crippen LogP contribution in [-0.2, 0) is 6.54 Å². The van der Waals surface area contributed by atoms with Crippen molar-refractivity contribution in [2.24, 2.45) is 0 Å². The Labute approximate surface area is 114 Å². The molecule has 100 valence electrons. The maximum atomic E-state index is 13.0. The summed E-state index contributed by atoms with van der Waals surface area (Å²) < 4.78 is 18.6. The Morgan fingerprint density at radius 1 is 1.42 bits per heavy atom. The Morgan fingerprint density at radius 3 is 2.68 bits per heavy atom. The van der Waals surface area contributed by atoms with Crippen LogP contribution in [0.25, 0.3) is 0 Å². The number of nitroso groups, excluding NO2 is 1. The van der Waals surface area contributed by atoms with Crippen molar-refractivity contribution in [3.63, 3.8) is 0 Å². The van der Waals surface area contributed by atoms with Crippen LogP contribution in [-0.4, -0.2) is 4.76 Å². The molecule has 0 fully saturated rings. The molecule has 5 heteroatoms. The molecular weight excluding hydrogens is 264 g/mol. The van der Waals surface area contributed by atoms with E-state index in [4.69, 9.17) is 4.52 Å². The lowest BCUT2D eigenvalue weighted by molar-refractivity contribution is -0.496. The SMILES string of the molecule is CC=C/C(F)=C\C=C\[N+](=O)Cc1ccc(OP)cc1. The van der Waals surface area contributed by atoms with Crippen molar-refractivity contribution in [2.45, 2.75) is 13.5 Å². The van der Waals surface area contributed by atoms with Crippen molar-refractivity contribution in [3.05, 3.63) is 71.1 Å². The molecule has 0 spiro atoms. The van der Waals surface area contributed by atoms with Gasteiger partial charge < -0.3 is 4.52 Å². The van der Waals surface area contributed by atoms with Gasteiger partial charge in [-0.15, -0.1) is 0 Å². The average Bonchev–Trinajstić information content (AvgIpc) is 2.40. The fraction of sp³-hybridized carbons (Fsp3) is 0.143. The van der Waals surface area contributed by atoms with Gasteiger partial charge in [0, 0.05) is 21.3 Å². The number of hydrogen-bond donors (Lipinski definition) is 0. The van der Waals surface area contributed by atoms with E-state index in [1.165, 1.54) is 24.4 Å². The fourth-order valence-corrected chi connectivity index (χ4v) is 1.51. The third-order valence-electron chi connectivity index (χ3n) is 2.23. The maximum absolute atomic E-state index is 13.0. The van der Waals surface area contributed by atoms with Crippen molar-refractivity contribution in [2.75, 3.05) is 0 Å². The second-order valence-electron chi connectivity index (χ2n) is 3.73. The van der Waals surface area contributed by atoms with Crippen LogP contribution in [0, 0.1) is 4.91 Å². The summed E-state index contributed by atoms with van der Waals surface area (Å²) >= 11 is 0. The number of benzene rings is 1. The second kappa shape index (κ2) is 8.33. The monoisotopic (exact) mass is 280 g/mol. The van der Waals surface area contributed by atoms with Crippen LogP contribution in [0.15, 0.2) is 60.6 Å². The van der Waals surface area contributed by atoms with Crippen LogP contribution >= 0.6 is 9.47 Å². The van der Waals surface area contributed by atoms with E-state index in [0.717, 1.165) is 10.3 Å². The molecule has 0 aromatic heterocycles. The van der Waals surface area contributed by atoms with E-state index in [9.17, 15) is 9.30 Å². The number of allylic oxidation sites excluding steroid dienone is 5. The lowest BCUT2D eigenvalue weighted by Gasteiger charge is -1.98. The molecule has 0 saturated carbocycles. The Balaban J connectivity index is 2.55. The van der Waals surface area contributed by atoms with Gasteiger partial charge in [0.1, 0.15) is 11.6 Å². The van der Waals surface area contributed by atoms with E-state index in [1.807, 2.05) is 0 Å². The van der Waals surface area contributed by atoms with Gasteiger partial charge in [0.25, 0.3) is 0 Å². The predicted molar refractivity (Wildman–Crippen MR) is 77.3 cm³/mol. The standard InChI is InChI=1S/C14H16FNO2P/c1-2-4-13(15)5-3-10-16(17)11-12-6-8-14(18-19)9-7-12/h2-10H,11,19H2,1H3/q+1/b4-2?,10-3+,13-5+. The Bertz CT molecular complexity index is 507. The molecule has 0 amide bonds. The smallest absolute Gasteiger partial charge is 0.223 e. The molecule has 0 saturated heterocycles. The summed E-state index contributed by atoms with van der Waals surface area (Å²) in [6.45, 7) is 1.92. The zero-order valence-electron chi connectivity index (χ0n) is 10.6. The second-order valence-corrected chi connectivity index (χ2v) is 3.97. The van der Waals surface area contributed by atoms with E-state index in [0.29, 0.717) is 5.75 Å². The quantitative estimate of drug-likeness (QED) is 0.446. The molecule has 1 aromatic carbocycles. The highest BCUT2D eigenvalue weighted by Gasteiger charge is 2.05. The van der Waals surface area contributed by atoms with Gasteiger partial charge in [0.15, 0.2) is 0 Å². The summed E-state index contributed by atoms with van der Waals surface area (Å²) in [5.41, 5.74) is 0.850. The first-order valence-corrected chi connectivity index (χ1v) is 6.19. The van der Waals surface area contributed by atoms with Gasteiger partial charge in [-0.25, -0.2) is 4.39 Å². The van der Waals surface area contributed by atoms with Crippen LogP contribution in [0.3, 0.4) is 0 Å². The molecule has 1 rings (SSSR count). The molecule has 1 aromatic rings. The average molecular weight is 280 g/mol. The van der Waals surface area contributed by atoms with Gasteiger partial charge >= 0.3 is 0 Å². The van der Waals surface area contributed by atoms with Crippen molar-refractivity contribution >= 4 is 9.47 Å². The zero-order chi connectivity index (χ0) is 14.1. The van der Waals surface area contributed by atoms with Crippen LogP contribution in [0.5, 0.6) is 5.75 Å². The minimum Gasteiger partial charge on any atom is -0.480 e. The summed E-state index contributed by atoms with van der Waals surface area (Å²) in [4.78, 5) is 11.5. The molecule has 0 aliphatic heterocycles. The molecule has 0 aliphatic rings. The number of rotatable bonds is 6. The summed E-state index contributed by atoms with van der Waals surface area (Å²) in [6.07, 6.45) is 6.80. The normalized spacial score (nSPS) is 12.3. The first kappa shape index (κ1) is 15.3. The highest BCUT2D eigenvalue weighted by molar-refractivity contribution is 7.10. The molecule has 0 N–H and O–H groups in total. The lowest BCUT2D eigenvalue weighted by Crippen LogP contribution is -1.99. The van der Waals surface area contributed by atoms with Crippen LogP contribution in [0.4, 0.5) is 4.39 Å². The minimum absolute atomic E-state index is 0.201. The topological polar surface area (TPSA) is 29.3 Å².